The summed E-state index contributed by atoms with van der Waals surface area (Å²) in [4.78, 5) is 15.7. The van der Waals surface area contributed by atoms with Crippen LogP contribution in [0.2, 0.25) is 5.02 Å². The van der Waals surface area contributed by atoms with E-state index >= 15 is 0 Å². The topological polar surface area (TPSA) is 77.2 Å². The lowest BCUT2D eigenvalue weighted by molar-refractivity contribution is 0.0996. The van der Waals surface area contributed by atoms with Crippen LogP contribution in [0, 0.1) is 0 Å². The molecule has 110 valence electrons. The monoisotopic (exact) mass is 305 g/mol. The van der Waals surface area contributed by atoms with E-state index in [-0.39, 0.29) is 6.61 Å². The molecule has 1 aromatic carbocycles. The molecular weight excluding hydrogens is 290 g/mol. The summed E-state index contributed by atoms with van der Waals surface area (Å²) in [5.41, 5.74) is 6.23. The third-order valence-electron chi connectivity index (χ3n) is 2.79. The number of hydrogen-bond donors (Lipinski definition) is 2. The minimum atomic E-state index is -0.536. The number of halogens is 1. The maximum atomic E-state index is 11.3. The second-order valence-electron chi connectivity index (χ2n) is 4.30. The Balaban J connectivity index is 2.16. The first-order valence-corrected chi connectivity index (χ1v) is 6.90. The molecule has 5 nitrogen and oxygen atoms in total. The van der Waals surface area contributed by atoms with Gasteiger partial charge in [-0.25, -0.2) is 4.98 Å². The van der Waals surface area contributed by atoms with Crippen molar-refractivity contribution in [2.45, 2.75) is 13.5 Å². The maximum absolute atomic E-state index is 11.3. The van der Waals surface area contributed by atoms with E-state index in [1.54, 1.807) is 36.4 Å². The Morgan fingerprint density at radius 3 is 2.81 bits per heavy atom. The third kappa shape index (κ3) is 3.86. The van der Waals surface area contributed by atoms with Gasteiger partial charge in [-0.1, -0.05) is 23.7 Å². The fourth-order valence-corrected chi connectivity index (χ4v) is 1.97. The van der Waals surface area contributed by atoms with E-state index in [9.17, 15) is 4.79 Å². The van der Waals surface area contributed by atoms with Gasteiger partial charge < -0.3 is 15.8 Å². The van der Waals surface area contributed by atoms with E-state index in [2.05, 4.69) is 10.3 Å². The first kappa shape index (κ1) is 15.1. The molecule has 1 amide bonds. The number of benzene rings is 1. The Labute approximate surface area is 128 Å². The van der Waals surface area contributed by atoms with E-state index in [4.69, 9.17) is 22.1 Å². The van der Waals surface area contributed by atoms with Gasteiger partial charge in [0.1, 0.15) is 18.2 Å². The highest BCUT2D eigenvalue weighted by Gasteiger charge is 2.10. The fraction of sp³-hybridized carbons (Fsp3) is 0.200. The number of pyridine rings is 1. The van der Waals surface area contributed by atoms with Crippen molar-refractivity contribution in [2.75, 3.05) is 11.9 Å². The molecule has 0 radical (unpaired) electrons. The quantitative estimate of drug-likeness (QED) is 0.860. The summed E-state index contributed by atoms with van der Waals surface area (Å²) >= 11 is 6.10. The third-order valence-corrected chi connectivity index (χ3v) is 3.14. The Bertz CT molecular complexity index is 647. The summed E-state index contributed by atoms with van der Waals surface area (Å²) < 4.78 is 5.62. The molecule has 0 aliphatic heterocycles. The zero-order chi connectivity index (χ0) is 15.2. The molecule has 0 saturated heterocycles. The highest BCUT2D eigenvalue weighted by Crippen LogP contribution is 2.22. The summed E-state index contributed by atoms with van der Waals surface area (Å²) in [6.07, 6.45) is 0. The number of anilines is 1. The average molecular weight is 306 g/mol. The van der Waals surface area contributed by atoms with Crippen molar-refractivity contribution in [3.8, 4) is 5.75 Å². The average Bonchev–Trinajstić information content (AvgIpc) is 2.48. The Morgan fingerprint density at radius 2 is 2.10 bits per heavy atom. The molecule has 21 heavy (non-hydrogen) atoms. The zero-order valence-corrected chi connectivity index (χ0v) is 12.4. The van der Waals surface area contributed by atoms with Crippen LogP contribution in [-0.2, 0) is 6.61 Å². The van der Waals surface area contributed by atoms with Gasteiger partial charge >= 0.3 is 0 Å². The van der Waals surface area contributed by atoms with Gasteiger partial charge in [-0.05, 0) is 31.2 Å². The van der Waals surface area contributed by atoms with E-state index in [1.165, 1.54) is 0 Å². The number of primary amides is 1. The van der Waals surface area contributed by atoms with Crippen molar-refractivity contribution in [2.24, 2.45) is 5.73 Å². The molecule has 0 bridgehead atoms. The molecule has 0 fully saturated rings. The van der Waals surface area contributed by atoms with Crippen LogP contribution < -0.4 is 15.8 Å². The minimum absolute atomic E-state index is 0.155. The first-order valence-electron chi connectivity index (χ1n) is 6.52. The van der Waals surface area contributed by atoms with Gasteiger partial charge in [0.05, 0.1) is 16.3 Å². The molecule has 0 saturated carbocycles. The van der Waals surface area contributed by atoms with E-state index in [0.29, 0.717) is 22.0 Å². The van der Waals surface area contributed by atoms with E-state index in [1.807, 2.05) is 6.92 Å². The molecular formula is C15H16ClN3O2. The van der Waals surface area contributed by atoms with Crippen molar-refractivity contribution >= 4 is 23.3 Å². The van der Waals surface area contributed by atoms with Crippen molar-refractivity contribution in [1.29, 1.82) is 0 Å². The van der Waals surface area contributed by atoms with Crippen molar-refractivity contribution in [1.82, 2.24) is 4.98 Å². The number of para-hydroxylation sites is 1. The smallest absolute Gasteiger partial charge is 0.252 e. The van der Waals surface area contributed by atoms with Crippen LogP contribution in [0.5, 0.6) is 5.75 Å². The van der Waals surface area contributed by atoms with Crippen molar-refractivity contribution in [3.63, 3.8) is 0 Å². The molecule has 0 aliphatic rings. The van der Waals surface area contributed by atoms with Crippen LogP contribution in [0.4, 0.5) is 5.82 Å². The first-order chi connectivity index (χ1) is 10.1. The van der Waals surface area contributed by atoms with Crippen LogP contribution in [0.25, 0.3) is 0 Å². The van der Waals surface area contributed by atoms with Crippen LogP contribution in [0.15, 0.2) is 36.4 Å². The van der Waals surface area contributed by atoms with Gasteiger partial charge in [-0.15, -0.1) is 0 Å². The summed E-state index contributed by atoms with van der Waals surface area (Å²) in [5, 5.41) is 3.61. The lowest BCUT2D eigenvalue weighted by atomic mass is 10.2. The summed E-state index contributed by atoms with van der Waals surface area (Å²) in [6, 6.07) is 10.3. The van der Waals surface area contributed by atoms with E-state index < -0.39 is 5.91 Å². The molecule has 6 heteroatoms. The number of nitrogens with one attached hydrogen (secondary N) is 1. The number of rotatable bonds is 6. The summed E-state index contributed by atoms with van der Waals surface area (Å²) in [7, 11) is 0. The van der Waals surface area contributed by atoms with Crippen LogP contribution >= 0.6 is 11.6 Å². The van der Waals surface area contributed by atoms with Gasteiger partial charge in [-0.2, -0.15) is 0 Å². The summed E-state index contributed by atoms with van der Waals surface area (Å²) in [5.74, 6) is 0.603. The predicted octanol–water partition coefficient (Wildman–Crippen LogP) is 2.84. The number of nitrogens with zero attached hydrogens (tertiary/aromatic N) is 1. The Kier molecular flexibility index (Phi) is 5.00. The number of carbonyl (C=O) groups is 1. The molecule has 1 aromatic heterocycles. The molecule has 1 heterocycles. The van der Waals surface area contributed by atoms with Gasteiger partial charge in [0.25, 0.3) is 5.91 Å². The second-order valence-corrected chi connectivity index (χ2v) is 4.71. The normalized spacial score (nSPS) is 10.2. The molecule has 0 unspecified atom stereocenters. The highest BCUT2D eigenvalue weighted by molar-refractivity contribution is 6.31. The largest absolute Gasteiger partial charge is 0.486 e. The molecule has 2 aromatic rings. The minimum Gasteiger partial charge on any atom is -0.486 e. The molecule has 0 aliphatic carbocycles. The van der Waals surface area contributed by atoms with Gasteiger partial charge in [0.15, 0.2) is 0 Å². The van der Waals surface area contributed by atoms with Gasteiger partial charge in [0.2, 0.25) is 0 Å². The van der Waals surface area contributed by atoms with Gasteiger partial charge in [-0.3, -0.25) is 4.79 Å². The second kappa shape index (κ2) is 6.95. The van der Waals surface area contributed by atoms with Crippen LogP contribution in [0.3, 0.4) is 0 Å². The lowest BCUT2D eigenvalue weighted by Crippen LogP contribution is -2.13. The standard InChI is InChI=1S/C15H16ClN3O2/c1-2-18-14-8-7-11(16)12(19-14)9-21-13-6-4-3-5-10(13)15(17)20/h3-8H,2,9H2,1H3,(H2,17,20)(H,18,19). The maximum Gasteiger partial charge on any atom is 0.252 e. The van der Waals surface area contributed by atoms with Crippen molar-refractivity contribution in [3.05, 3.63) is 52.7 Å². The van der Waals surface area contributed by atoms with Gasteiger partial charge in [0, 0.05) is 6.54 Å². The fourth-order valence-electron chi connectivity index (χ4n) is 1.81. The highest BCUT2D eigenvalue weighted by atomic mass is 35.5. The van der Waals surface area contributed by atoms with Crippen LogP contribution in [0.1, 0.15) is 23.0 Å². The van der Waals surface area contributed by atoms with Crippen LogP contribution in [-0.4, -0.2) is 17.4 Å². The number of amides is 1. The number of ether oxygens (including phenoxy) is 1. The zero-order valence-electron chi connectivity index (χ0n) is 11.6. The van der Waals surface area contributed by atoms with E-state index in [0.717, 1.165) is 12.4 Å². The lowest BCUT2D eigenvalue weighted by Gasteiger charge is -2.11. The molecule has 3 N–H and O–H groups in total. The Hall–Kier alpha value is -2.27. The molecule has 2 rings (SSSR count). The number of aromatic nitrogens is 1. The number of carbonyl (C=O) groups excluding carboxylic acids is 1. The predicted molar refractivity (Wildman–Crippen MR) is 82.7 cm³/mol. The molecule has 0 spiro atoms. The Morgan fingerprint density at radius 1 is 1.33 bits per heavy atom. The van der Waals surface area contributed by atoms with Crippen molar-refractivity contribution < 1.29 is 9.53 Å². The SMILES string of the molecule is CCNc1ccc(Cl)c(COc2ccccc2C(N)=O)n1. The number of nitrogens with two attached hydrogens (primary N) is 1. The molecule has 0 atom stereocenters. The summed E-state index contributed by atoms with van der Waals surface area (Å²) in [6.45, 7) is 2.90. The number of hydrogen-bond acceptors (Lipinski definition) is 4.